The van der Waals surface area contributed by atoms with Gasteiger partial charge in [0.1, 0.15) is 24.0 Å². The first kappa shape index (κ1) is 27.3. The predicted octanol–water partition coefficient (Wildman–Crippen LogP) is 5.70. The third-order valence-electron chi connectivity index (χ3n) is 6.89. The smallest absolute Gasteiger partial charge is 0.240 e. The number of carbonyl (C=O) groups is 2. The summed E-state index contributed by atoms with van der Waals surface area (Å²) in [5, 5.41) is 7.14. The van der Waals surface area contributed by atoms with E-state index in [1.807, 2.05) is 36.4 Å². The predicted molar refractivity (Wildman–Crippen MR) is 158 cm³/mol. The molecule has 2 amide bonds. The van der Waals surface area contributed by atoms with Gasteiger partial charge in [0, 0.05) is 22.9 Å². The van der Waals surface area contributed by atoms with Crippen molar-refractivity contribution in [1.29, 1.82) is 0 Å². The topological polar surface area (TPSA) is 80.1 Å². The number of halogens is 2. The molecule has 1 atom stereocenters. The van der Waals surface area contributed by atoms with Gasteiger partial charge in [0.15, 0.2) is 0 Å². The summed E-state index contributed by atoms with van der Waals surface area (Å²) in [6.07, 6.45) is 1.64. The molecule has 3 aromatic carbocycles. The van der Waals surface area contributed by atoms with Crippen molar-refractivity contribution in [2.75, 3.05) is 17.2 Å². The van der Waals surface area contributed by atoms with E-state index in [1.165, 1.54) is 34.9 Å². The number of nitrogens with zero attached hydrogens (tertiary/aromatic N) is 4. The van der Waals surface area contributed by atoms with E-state index in [4.69, 9.17) is 5.10 Å². The summed E-state index contributed by atoms with van der Waals surface area (Å²) in [6.45, 7) is -0.113. The quantitative estimate of drug-likeness (QED) is 0.267. The van der Waals surface area contributed by atoms with Crippen LogP contribution in [0, 0.1) is 11.6 Å². The van der Waals surface area contributed by atoms with Crippen molar-refractivity contribution in [2.45, 2.75) is 11.8 Å². The molecule has 1 unspecified atom stereocenters. The van der Waals surface area contributed by atoms with Crippen LogP contribution in [0.4, 0.5) is 14.6 Å². The number of nitrogens with one attached hydrogen (secondary N) is 1. The Hall–Kier alpha value is -4.83. The minimum Gasteiger partial charge on any atom is -0.349 e. The fourth-order valence-corrected chi connectivity index (χ4v) is 6.13. The number of anilines is 1. The van der Waals surface area contributed by atoms with E-state index in [9.17, 15) is 14.0 Å². The van der Waals surface area contributed by atoms with E-state index in [0.29, 0.717) is 34.0 Å². The van der Waals surface area contributed by atoms with Crippen molar-refractivity contribution in [3.05, 3.63) is 132 Å². The van der Waals surface area contributed by atoms with Gasteiger partial charge in [-0.2, -0.15) is 5.10 Å². The lowest BCUT2D eigenvalue weighted by Crippen LogP contribution is -2.42. The highest BCUT2D eigenvalue weighted by Crippen LogP contribution is 2.49. The second-order valence-corrected chi connectivity index (χ2v) is 10.7. The van der Waals surface area contributed by atoms with E-state index in [-0.39, 0.29) is 24.7 Å². The maximum atomic E-state index is 15.3. The molecule has 1 aliphatic rings. The van der Waals surface area contributed by atoms with Gasteiger partial charge in [0.2, 0.25) is 11.8 Å². The van der Waals surface area contributed by atoms with Crippen molar-refractivity contribution in [1.82, 2.24) is 20.1 Å². The number of hydrogen-bond acceptors (Lipinski definition) is 5. The van der Waals surface area contributed by atoms with Gasteiger partial charge >= 0.3 is 0 Å². The molecular formula is C32H25F2N5O2S. The second-order valence-electron chi connectivity index (χ2n) is 9.63. The Morgan fingerprint density at radius 3 is 2.40 bits per heavy atom. The number of benzene rings is 3. The third-order valence-corrected chi connectivity index (χ3v) is 8.13. The highest BCUT2D eigenvalue weighted by atomic mass is 32.2. The summed E-state index contributed by atoms with van der Waals surface area (Å²) in [5.74, 6) is -1.25. The molecule has 0 spiro atoms. The van der Waals surface area contributed by atoms with Gasteiger partial charge in [-0.25, -0.2) is 13.5 Å². The Bertz CT molecular complexity index is 1730. The first-order valence-electron chi connectivity index (χ1n) is 13.3. The molecular weight excluding hydrogens is 556 g/mol. The summed E-state index contributed by atoms with van der Waals surface area (Å²) >= 11 is 1.28. The van der Waals surface area contributed by atoms with Crippen molar-refractivity contribution < 1.29 is 18.4 Å². The van der Waals surface area contributed by atoms with Gasteiger partial charge < -0.3 is 5.32 Å². The first-order chi connectivity index (χ1) is 20.5. The number of thioether (sulfide) groups is 1. The average molecular weight is 582 g/mol. The molecule has 10 heteroatoms. The molecule has 1 aliphatic heterocycles. The zero-order valence-electron chi connectivity index (χ0n) is 22.3. The highest BCUT2D eigenvalue weighted by molar-refractivity contribution is 8.00. The van der Waals surface area contributed by atoms with Crippen LogP contribution in [-0.2, 0) is 16.1 Å². The van der Waals surface area contributed by atoms with Crippen LogP contribution in [0.3, 0.4) is 0 Å². The maximum Gasteiger partial charge on any atom is 0.240 e. The number of fused-ring (bicyclic) bond motifs is 1. The fraction of sp³-hybridized carbons (Fsp3) is 0.125. The van der Waals surface area contributed by atoms with E-state index in [0.717, 1.165) is 5.56 Å². The molecule has 0 aliphatic carbocycles. The van der Waals surface area contributed by atoms with Crippen LogP contribution < -0.4 is 10.2 Å². The summed E-state index contributed by atoms with van der Waals surface area (Å²) in [5.41, 5.74) is 3.43. The highest BCUT2D eigenvalue weighted by Gasteiger charge is 2.38. The van der Waals surface area contributed by atoms with Crippen LogP contribution in [0.15, 0.2) is 103 Å². The Labute approximate surface area is 245 Å². The van der Waals surface area contributed by atoms with Crippen LogP contribution in [0.25, 0.3) is 16.9 Å². The minimum absolute atomic E-state index is 0.00114. The summed E-state index contributed by atoms with van der Waals surface area (Å²) < 4.78 is 30.8. The van der Waals surface area contributed by atoms with Gasteiger partial charge in [-0.15, -0.1) is 11.8 Å². The Balaban J connectivity index is 1.52. The molecule has 0 bridgehead atoms. The Morgan fingerprint density at radius 2 is 1.67 bits per heavy atom. The average Bonchev–Trinajstić information content (AvgIpc) is 3.34. The fourth-order valence-electron chi connectivity index (χ4n) is 4.92. The summed E-state index contributed by atoms with van der Waals surface area (Å²) in [4.78, 5) is 32.6. The van der Waals surface area contributed by atoms with E-state index in [2.05, 4.69) is 10.3 Å². The van der Waals surface area contributed by atoms with Crippen LogP contribution in [0.1, 0.15) is 22.1 Å². The number of pyridine rings is 1. The third kappa shape index (κ3) is 5.53. The molecule has 210 valence electrons. The molecule has 0 saturated heterocycles. The van der Waals surface area contributed by atoms with Crippen molar-refractivity contribution >= 4 is 29.4 Å². The molecule has 0 fully saturated rings. The molecule has 6 rings (SSSR count). The Morgan fingerprint density at radius 1 is 0.929 bits per heavy atom. The number of aromatic nitrogens is 3. The number of hydrogen-bond donors (Lipinski definition) is 1. The second kappa shape index (κ2) is 12.0. The molecule has 7 nitrogen and oxygen atoms in total. The monoisotopic (exact) mass is 581 g/mol. The van der Waals surface area contributed by atoms with Crippen LogP contribution in [0.5, 0.6) is 0 Å². The largest absolute Gasteiger partial charge is 0.349 e. The van der Waals surface area contributed by atoms with Crippen molar-refractivity contribution in [2.24, 2.45) is 0 Å². The molecule has 0 saturated carbocycles. The summed E-state index contributed by atoms with van der Waals surface area (Å²) in [7, 11) is 0. The lowest BCUT2D eigenvalue weighted by Gasteiger charge is -2.23. The van der Waals surface area contributed by atoms with Gasteiger partial charge in [-0.3, -0.25) is 19.5 Å². The van der Waals surface area contributed by atoms with Crippen LogP contribution >= 0.6 is 11.8 Å². The van der Waals surface area contributed by atoms with Crippen LogP contribution in [0.2, 0.25) is 0 Å². The number of rotatable bonds is 7. The van der Waals surface area contributed by atoms with Gasteiger partial charge in [-0.05, 0) is 42.5 Å². The SMILES string of the molecule is O=C(CN1C(=O)CSC(c2ccccc2F)c2c(-c3ccccc3)nn(-c3ccc(F)cc3)c21)NCc1ccccn1. The lowest BCUT2D eigenvalue weighted by molar-refractivity contribution is -0.123. The normalized spacial score (nSPS) is 14.8. The number of carbonyl (C=O) groups excluding carboxylic acids is 2. The molecule has 1 N–H and O–H groups in total. The standard InChI is InChI=1S/C32H25F2N5O2S/c33-22-13-15-24(16-14-22)39-32-29(30(37-39)21-8-2-1-3-9-21)31(25-11-4-5-12-26(25)34)42-20-28(41)38(32)19-27(40)36-18-23-10-6-7-17-35-23/h1-17,31H,18-20H2,(H,36,40). The Kier molecular flexibility index (Phi) is 7.78. The first-order valence-corrected chi connectivity index (χ1v) is 14.3. The molecule has 0 radical (unpaired) electrons. The lowest BCUT2D eigenvalue weighted by atomic mass is 9.99. The molecule has 3 heterocycles. The molecule has 42 heavy (non-hydrogen) atoms. The maximum absolute atomic E-state index is 15.3. The minimum atomic E-state index is -0.615. The van der Waals surface area contributed by atoms with Gasteiger partial charge in [-0.1, -0.05) is 54.6 Å². The van der Waals surface area contributed by atoms with Gasteiger partial charge in [0.05, 0.1) is 34.6 Å². The van der Waals surface area contributed by atoms with E-state index < -0.39 is 22.8 Å². The number of amides is 2. The summed E-state index contributed by atoms with van der Waals surface area (Å²) in [6, 6.07) is 27.0. The van der Waals surface area contributed by atoms with Crippen molar-refractivity contribution in [3.63, 3.8) is 0 Å². The van der Waals surface area contributed by atoms with E-state index in [1.54, 1.807) is 53.3 Å². The molecule has 5 aromatic rings. The zero-order valence-corrected chi connectivity index (χ0v) is 23.1. The van der Waals surface area contributed by atoms with E-state index >= 15 is 4.39 Å². The van der Waals surface area contributed by atoms with Crippen LogP contribution in [-0.4, -0.2) is 38.9 Å². The van der Waals surface area contributed by atoms with Gasteiger partial charge in [0.25, 0.3) is 0 Å². The molecule has 2 aromatic heterocycles. The zero-order chi connectivity index (χ0) is 29.1. The van der Waals surface area contributed by atoms with Crippen molar-refractivity contribution in [3.8, 4) is 16.9 Å².